The van der Waals surface area contributed by atoms with Crippen LogP contribution in [0, 0.1) is 0 Å². The quantitative estimate of drug-likeness (QED) is 0.741. The summed E-state index contributed by atoms with van der Waals surface area (Å²) in [6.45, 7) is 0.445. The van der Waals surface area contributed by atoms with E-state index in [0.29, 0.717) is 12.4 Å². The first kappa shape index (κ1) is 17.5. The van der Waals surface area contributed by atoms with Gasteiger partial charge in [0.2, 0.25) is 0 Å². The molecule has 0 aliphatic heterocycles. The Morgan fingerprint density at radius 1 is 1.12 bits per heavy atom. The van der Waals surface area contributed by atoms with Crippen LogP contribution in [0.25, 0.3) is 11.1 Å². The average molecular weight is 349 g/mol. The molecule has 0 spiro atoms. The molecule has 0 saturated heterocycles. The van der Waals surface area contributed by atoms with E-state index in [-0.39, 0.29) is 6.03 Å². The van der Waals surface area contributed by atoms with Crippen molar-refractivity contribution in [2.75, 3.05) is 24.3 Å². The third-order valence-corrected chi connectivity index (χ3v) is 4.03. The fourth-order valence-electron chi connectivity index (χ4n) is 2.69. The lowest BCUT2D eigenvalue weighted by Gasteiger charge is -2.14. The minimum Gasteiger partial charge on any atom is -0.378 e. The van der Waals surface area contributed by atoms with Gasteiger partial charge in [0, 0.05) is 45.1 Å². The highest BCUT2D eigenvalue weighted by Crippen LogP contribution is 2.26. The fraction of sp³-hybridized carbons (Fsp3) is 0.200. The molecule has 0 aliphatic carbocycles. The van der Waals surface area contributed by atoms with Gasteiger partial charge in [0.1, 0.15) is 0 Å². The number of anilines is 2. The van der Waals surface area contributed by atoms with Crippen LogP contribution in [0.2, 0.25) is 0 Å². The van der Waals surface area contributed by atoms with Gasteiger partial charge < -0.3 is 10.2 Å². The number of aromatic nitrogens is 2. The number of hydrogen-bond acceptors (Lipinski definition) is 3. The molecule has 3 rings (SSSR count). The van der Waals surface area contributed by atoms with Crippen LogP contribution < -0.4 is 15.5 Å². The summed E-state index contributed by atoms with van der Waals surface area (Å²) >= 11 is 0. The number of benzene rings is 2. The first-order chi connectivity index (χ1) is 12.5. The van der Waals surface area contributed by atoms with Gasteiger partial charge in [-0.15, -0.1) is 0 Å². The molecule has 6 heteroatoms. The minimum absolute atomic E-state index is 0.281. The maximum absolute atomic E-state index is 12.3. The monoisotopic (exact) mass is 349 g/mol. The number of hydrogen-bond donors (Lipinski definition) is 2. The zero-order valence-corrected chi connectivity index (χ0v) is 15.2. The van der Waals surface area contributed by atoms with Crippen LogP contribution in [-0.2, 0) is 13.6 Å². The van der Waals surface area contributed by atoms with Crippen LogP contribution in [0.4, 0.5) is 16.3 Å². The number of amides is 2. The van der Waals surface area contributed by atoms with Crippen molar-refractivity contribution >= 4 is 17.5 Å². The number of aryl methyl sites for hydroxylation is 1. The molecule has 26 heavy (non-hydrogen) atoms. The minimum atomic E-state index is -0.281. The predicted octanol–water partition coefficient (Wildman–Crippen LogP) is 3.47. The first-order valence-corrected chi connectivity index (χ1v) is 8.43. The number of nitrogens with one attached hydrogen (secondary N) is 2. The smallest absolute Gasteiger partial charge is 0.320 e. The maximum Gasteiger partial charge on any atom is 0.320 e. The van der Waals surface area contributed by atoms with Gasteiger partial charge in [-0.25, -0.2) is 4.79 Å². The van der Waals surface area contributed by atoms with Gasteiger partial charge in [-0.2, -0.15) is 5.10 Å². The van der Waals surface area contributed by atoms with Crippen molar-refractivity contribution in [3.8, 4) is 11.1 Å². The highest BCUT2D eigenvalue weighted by Gasteiger charge is 2.12. The van der Waals surface area contributed by atoms with E-state index in [2.05, 4.69) is 21.8 Å². The SMILES string of the molecule is CN(C)c1cccc(CNC(=O)Nc2nn(C)cc2-c2ccccc2)c1. The predicted molar refractivity (Wildman–Crippen MR) is 105 cm³/mol. The molecule has 0 aliphatic rings. The third kappa shape index (κ3) is 4.22. The molecule has 0 saturated carbocycles. The highest BCUT2D eigenvalue weighted by molar-refractivity contribution is 5.92. The van der Waals surface area contributed by atoms with E-state index in [9.17, 15) is 4.79 Å². The average Bonchev–Trinajstić information content (AvgIpc) is 3.01. The zero-order chi connectivity index (χ0) is 18.5. The number of carbonyl (C=O) groups excluding carboxylic acids is 1. The van der Waals surface area contributed by atoms with Gasteiger partial charge in [0.25, 0.3) is 0 Å². The molecular weight excluding hydrogens is 326 g/mol. The highest BCUT2D eigenvalue weighted by atomic mass is 16.2. The molecule has 0 bridgehead atoms. The fourth-order valence-corrected chi connectivity index (χ4v) is 2.69. The molecule has 1 aromatic heterocycles. The summed E-state index contributed by atoms with van der Waals surface area (Å²) in [5, 5.41) is 10.1. The molecule has 2 amide bonds. The number of rotatable bonds is 5. The Hall–Kier alpha value is -3.28. The summed E-state index contributed by atoms with van der Waals surface area (Å²) in [6, 6.07) is 17.6. The summed E-state index contributed by atoms with van der Waals surface area (Å²) in [6.07, 6.45) is 1.89. The second-order valence-electron chi connectivity index (χ2n) is 6.30. The van der Waals surface area contributed by atoms with E-state index in [1.165, 1.54) is 0 Å². The van der Waals surface area contributed by atoms with Crippen molar-refractivity contribution in [3.63, 3.8) is 0 Å². The molecule has 3 aromatic rings. The van der Waals surface area contributed by atoms with E-state index >= 15 is 0 Å². The van der Waals surface area contributed by atoms with Gasteiger partial charge in [0.05, 0.1) is 0 Å². The van der Waals surface area contributed by atoms with Gasteiger partial charge in [-0.1, -0.05) is 42.5 Å². The van der Waals surface area contributed by atoms with Gasteiger partial charge in [-0.05, 0) is 23.3 Å². The van der Waals surface area contributed by atoms with Crippen molar-refractivity contribution in [2.45, 2.75) is 6.54 Å². The Morgan fingerprint density at radius 2 is 1.88 bits per heavy atom. The van der Waals surface area contributed by atoms with Crippen LogP contribution in [0.3, 0.4) is 0 Å². The van der Waals surface area contributed by atoms with E-state index in [1.54, 1.807) is 4.68 Å². The van der Waals surface area contributed by atoms with Gasteiger partial charge >= 0.3 is 6.03 Å². The summed E-state index contributed by atoms with van der Waals surface area (Å²) in [4.78, 5) is 14.3. The molecule has 2 N–H and O–H groups in total. The topological polar surface area (TPSA) is 62.2 Å². The normalized spacial score (nSPS) is 10.4. The summed E-state index contributed by atoms with van der Waals surface area (Å²) < 4.78 is 1.69. The van der Waals surface area contributed by atoms with Crippen molar-refractivity contribution in [1.29, 1.82) is 0 Å². The van der Waals surface area contributed by atoms with Crippen LogP contribution >= 0.6 is 0 Å². The molecule has 0 unspecified atom stereocenters. The Bertz CT molecular complexity index is 886. The summed E-state index contributed by atoms with van der Waals surface area (Å²) in [7, 11) is 5.82. The van der Waals surface area contributed by atoms with Crippen LogP contribution in [0.15, 0.2) is 60.8 Å². The standard InChI is InChI=1S/C20H23N5O/c1-24(2)17-11-7-8-15(12-17)13-21-20(26)22-19-18(14-25(3)23-19)16-9-5-4-6-10-16/h4-12,14H,13H2,1-3H3,(H2,21,22,23,26). The summed E-state index contributed by atoms with van der Waals surface area (Å²) in [5.41, 5.74) is 4.03. The van der Waals surface area contributed by atoms with Crippen molar-refractivity contribution in [1.82, 2.24) is 15.1 Å². The molecule has 0 radical (unpaired) electrons. The largest absolute Gasteiger partial charge is 0.378 e. The number of urea groups is 1. The number of carbonyl (C=O) groups is 1. The molecule has 2 aromatic carbocycles. The van der Waals surface area contributed by atoms with E-state index in [1.807, 2.05) is 80.8 Å². The molecule has 0 atom stereocenters. The zero-order valence-electron chi connectivity index (χ0n) is 15.2. The Labute approximate surface area is 153 Å². The van der Waals surface area contributed by atoms with E-state index < -0.39 is 0 Å². The lowest BCUT2D eigenvalue weighted by molar-refractivity contribution is 0.251. The van der Waals surface area contributed by atoms with Gasteiger partial charge in [-0.3, -0.25) is 10.00 Å². The molecular formula is C20H23N5O. The Kier molecular flexibility index (Phi) is 5.22. The van der Waals surface area contributed by atoms with Crippen molar-refractivity contribution in [3.05, 3.63) is 66.4 Å². The van der Waals surface area contributed by atoms with Crippen LogP contribution in [-0.4, -0.2) is 29.9 Å². The second kappa shape index (κ2) is 7.74. The van der Waals surface area contributed by atoms with Crippen molar-refractivity contribution < 1.29 is 4.79 Å². The Balaban J connectivity index is 1.67. The third-order valence-electron chi connectivity index (χ3n) is 4.03. The molecule has 6 nitrogen and oxygen atoms in total. The van der Waals surface area contributed by atoms with E-state index in [4.69, 9.17) is 0 Å². The van der Waals surface area contributed by atoms with Crippen molar-refractivity contribution in [2.24, 2.45) is 7.05 Å². The number of nitrogens with zero attached hydrogens (tertiary/aromatic N) is 3. The first-order valence-electron chi connectivity index (χ1n) is 8.43. The Morgan fingerprint density at radius 3 is 2.62 bits per heavy atom. The molecule has 1 heterocycles. The van der Waals surface area contributed by atoms with Crippen LogP contribution in [0.5, 0.6) is 0 Å². The second-order valence-corrected chi connectivity index (χ2v) is 6.30. The lowest BCUT2D eigenvalue weighted by atomic mass is 10.1. The molecule has 0 fully saturated rings. The van der Waals surface area contributed by atoms with Crippen LogP contribution in [0.1, 0.15) is 5.56 Å². The maximum atomic E-state index is 12.3. The molecule has 134 valence electrons. The summed E-state index contributed by atoms with van der Waals surface area (Å²) in [5.74, 6) is 0.540. The van der Waals surface area contributed by atoms with Gasteiger partial charge in [0.15, 0.2) is 5.82 Å². The lowest BCUT2D eigenvalue weighted by Crippen LogP contribution is -2.28. The van der Waals surface area contributed by atoms with E-state index in [0.717, 1.165) is 22.4 Å².